The summed E-state index contributed by atoms with van der Waals surface area (Å²) < 4.78 is 32.2. The average Bonchev–Trinajstić information content (AvgIpc) is 3.20. The monoisotopic (exact) mass is 366 g/mol. The van der Waals surface area contributed by atoms with Crippen molar-refractivity contribution in [3.8, 4) is 0 Å². The number of sulfonamides is 1. The quantitative estimate of drug-likeness (QED) is 0.781. The fourth-order valence-corrected chi connectivity index (χ4v) is 3.68. The molecule has 2 aromatic rings. The molecule has 138 valence electrons. The molecule has 1 saturated heterocycles. The summed E-state index contributed by atoms with van der Waals surface area (Å²) in [6.07, 6.45) is 2.27. The van der Waals surface area contributed by atoms with E-state index >= 15 is 0 Å². The summed E-state index contributed by atoms with van der Waals surface area (Å²) in [6.45, 7) is 7.06. The fourth-order valence-electron chi connectivity index (χ4n) is 3.32. The molecule has 1 atom stereocenters. The predicted molar refractivity (Wildman–Crippen MR) is 95.7 cm³/mol. The maximum atomic E-state index is 11.5. The molecule has 0 radical (unpaired) electrons. The number of likely N-dealkylation sites (tertiary alicyclic amines) is 1. The molecule has 0 saturated carbocycles. The summed E-state index contributed by atoms with van der Waals surface area (Å²) in [6, 6.07) is 6.30. The summed E-state index contributed by atoms with van der Waals surface area (Å²) in [4.78, 5) is 2.35. The Balaban J connectivity index is 1.58. The Labute approximate surface area is 149 Å². The molecule has 7 nitrogen and oxygen atoms in total. The van der Waals surface area contributed by atoms with Gasteiger partial charge in [0.2, 0.25) is 10.0 Å². The zero-order chi connectivity index (χ0) is 18.2. The smallest absolute Gasteiger partial charge is 0.211 e. The van der Waals surface area contributed by atoms with Crippen molar-refractivity contribution in [1.82, 2.24) is 19.0 Å². The van der Waals surface area contributed by atoms with Crippen molar-refractivity contribution in [3.05, 3.63) is 41.1 Å². The standard InChI is InChI=1S/C17H26N4O3S/c1-13-9-14(2)21(18-13)15-7-8-20(10-15)12-17-6-5-16(24-17)11-19(3)25(4,22)23/h5-6,9,15H,7-8,10-12H2,1-4H3/t15-/m1/s1. The van der Waals surface area contributed by atoms with E-state index in [1.54, 1.807) is 7.05 Å². The van der Waals surface area contributed by atoms with Gasteiger partial charge in [-0.05, 0) is 38.5 Å². The molecule has 3 heterocycles. The van der Waals surface area contributed by atoms with Crippen LogP contribution in [-0.4, -0.2) is 53.8 Å². The Morgan fingerprint density at radius 1 is 1.32 bits per heavy atom. The van der Waals surface area contributed by atoms with Gasteiger partial charge in [-0.25, -0.2) is 8.42 Å². The lowest BCUT2D eigenvalue weighted by Gasteiger charge is -2.16. The Morgan fingerprint density at radius 3 is 2.68 bits per heavy atom. The molecule has 0 aliphatic carbocycles. The van der Waals surface area contributed by atoms with Gasteiger partial charge in [0.1, 0.15) is 11.5 Å². The first-order chi connectivity index (χ1) is 11.7. The van der Waals surface area contributed by atoms with Crippen molar-refractivity contribution < 1.29 is 12.8 Å². The highest BCUT2D eigenvalue weighted by atomic mass is 32.2. The third-order valence-corrected chi connectivity index (χ3v) is 5.94. The number of nitrogens with zero attached hydrogens (tertiary/aromatic N) is 4. The van der Waals surface area contributed by atoms with Crippen LogP contribution in [0.4, 0.5) is 0 Å². The van der Waals surface area contributed by atoms with Crippen LogP contribution in [0.1, 0.15) is 35.4 Å². The summed E-state index contributed by atoms with van der Waals surface area (Å²) in [5.74, 6) is 1.53. The molecule has 0 spiro atoms. The van der Waals surface area contributed by atoms with E-state index < -0.39 is 10.0 Å². The number of rotatable bonds is 6. The van der Waals surface area contributed by atoms with Gasteiger partial charge in [-0.2, -0.15) is 9.40 Å². The molecular weight excluding hydrogens is 340 g/mol. The van der Waals surface area contributed by atoms with E-state index in [1.807, 2.05) is 19.1 Å². The van der Waals surface area contributed by atoms with Gasteiger partial charge in [0.15, 0.2) is 0 Å². The van der Waals surface area contributed by atoms with Gasteiger partial charge in [0.25, 0.3) is 0 Å². The normalized spacial score (nSPS) is 19.2. The number of aryl methyl sites for hydroxylation is 2. The SMILES string of the molecule is Cc1cc(C)n([C@@H]2CCN(Cc3ccc(CN(C)S(C)(=O)=O)o3)C2)n1. The van der Waals surface area contributed by atoms with E-state index in [1.165, 1.54) is 16.3 Å². The summed E-state index contributed by atoms with van der Waals surface area (Å²) in [5.41, 5.74) is 2.26. The van der Waals surface area contributed by atoms with Crippen LogP contribution in [-0.2, 0) is 23.1 Å². The molecule has 0 unspecified atom stereocenters. The lowest BCUT2D eigenvalue weighted by Crippen LogP contribution is -2.24. The van der Waals surface area contributed by atoms with Gasteiger partial charge >= 0.3 is 0 Å². The van der Waals surface area contributed by atoms with Gasteiger partial charge in [-0.3, -0.25) is 9.58 Å². The third kappa shape index (κ3) is 4.31. The van der Waals surface area contributed by atoms with Gasteiger partial charge < -0.3 is 4.42 Å². The summed E-state index contributed by atoms with van der Waals surface area (Å²) >= 11 is 0. The highest BCUT2D eigenvalue weighted by Crippen LogP contribution is 2.25. The molecule has 0 bridgehead atoms. The Hall–Kier alpha value is -1.64. The maximum Gasteiger partial charge on any atom is 0.211 e. The van der Waals surface area contributed by atoms with Crippen LogP contribution in [0.3, 0.4) is 0 Å². The molecule has 3 rings (SSSR count). The molecule has 2 aromatic heterocycles. The first-order valence-corrected chi connectivity index (χ1v) is 10.3. The van der Waals surface area contributed by atoms with Crippen LogP contribution in [0.25, 0.3) is 0 Å². The molecule has 0 amide bonds. The van der Waals surface area contributed by atoms with Crippen molar-refractivity contribution in [3.63, 3.8) is 0 Å². The summed E-state index contributed by atoms with van der Waals surface area (Å²) in [7, 11) is -1.65. The van der Waals surface area contributed by atoms with Gasteiger partial charge in [0, 0.05) is 25.8 Å². The molecular formula is C17H26N4O3S. The van der Waals surface area contributed by atoms with Gasteiger partial charge in [-0.15, -0.1) is 0 Å². The van der Waals surface area contributed by atoms with Gasteiger partial charge in [0.05, 0.1) is 31.1 Å². The van der Waals surface area contributed by atoms with Crippen molar-refractivity contribution in [1.29, 1.82) is 0 Å². The lowest BCUT2D eigenvalue weighted by atomic mass is 10.2. The van der Waals surface area contributed by atoms with Crippen LogP contribution in [0.15, 0.2) is 22.6 Å². The first kappa shape index (κ1) is 18.2. The Bertz CT molecular complexity index is 840. The van der Waals surface area contributed by atoms with Crippen molar-refractivity contribution in [2.45, 2.75) is 39.4 Å². The van der Waals surface area contributed by atoms with E-state index in [0.29, 0.717) is 11.8 Å². The zero-order valence-electron chi connectivity index (χ0n) is 15.3. The van der Waals surface area contributed by atoms with Crippen molar-refractivity contribution >= 4 is 10.0 Å². The van der Waals surface area contributed by atoms with E-state index in [9.17, 15) is 8.42 Å². The van der Waals surface area contributed by atoms with Crippen LogP contribution in [0, 0.1) is 13.8 Å². The summed E-state index contributed by atoms with van der Waals surface area (Å²) in [5, 5.41) is 4.60. The van der Waals surface area contributed by atoms with Crippen LogP contribution in [0.5, 0.6) is 0 Å². The molecule has 1 aliphatic rings. The molecule has 1 fully saturated rings. The fraction of sp³-hybridized carbons (Fsp3) is 0.588. The predicted octanol–water partition coefficient (Wildman–Crippen LogP) is 1.93. The minimum Gasteiger partial charge on any atom is -0.463 e. The third-order valence-electron chi connectivity index (χ3n) is 4.68. The minimum absolute atomic E-state index is 0.257. The topological polar surface area (TPSA) is 71.6 Å². The second-order valence-corrected chi connectivity index (χ2v) is 9.03. The zero-order valence-corrected chi connectivity index (χ0v) is 16.1. The van der Waals surface area contributed by atoms with E-state index in [4.69, 9.17) is 4.42 Å². The molecule has 0 N–H and O–H groups in total. The molecule has 25 heavy (non-hydrogen) atoms. The number of aromatic nitrogens is 2. The largest absolute Gasteiger partial charge is 0.463 e. The highest BCUT2D eigenvalue weighted by Gasteiger charge is 2.26. The molecule has 1 aliphatic heterocycles. The van der Waals surface area contributed by atoms with E-state index in [-0.39, 0.29) is 6.54 Å². The first-order valence-electron chi connectivity index (χ1n) is 8.46. The Morgan fingerprint density at radius 2 is 2.04 bits per heavy atom. The minimum atomic E-state index is -3.20. The highest BCUT2D eigenvalue weighted by molar-refractivity contribution is 7.88. The van der Waals surface area contributed by atoms with Crippen molar-refractivity contribution in [2.24, 2.45) is 0 Å². The lowest BCUT2D eigenvalue weighted by molar-refractivity contribution is 0.275. The van der Waals surface area contributed by atoms with Crippen LogP contribution in [0.2, 0.25) is 0 Å². The van der Waals surface area contributed by atoms with Crippen molar-refractivity contribution in [2.75, 3.05) is 26.4 Å². The molecule has 8 heteroatoms. The Kier molecular flexibility index (Phi) is 5.04. The van der Waals surface area contributed by atoms with E-state index in [2.05, 4.69) is 27.7 Å². The second-order valence-electron chi connectivity index (χ2n) is 6.94. The average molecular weight is 366 g/mol. The maximum absolute atomic E-state index is 11.5. The van der Waals surface area contributed by atoms with Crippen LogP contribution < -0.4 is 0 Å². The number of hydrogen-bond donors (Lipinski definition) is 0. The molecule has 0 aromatic carbocycles. The number of hydrogen-bond acceptors (Lipinski definition) is 5. The van der Waals surface area contributed by atoms with Gasteiger partial charge in [-0.1, -0.05) is 0 Å². The van der Waals surface area contributed by atoms with E-state index in [0.717, 1.165) is 37.5 Å². The van der Waals surface area contributed by atoms with Crippen LogP contribution >= 0.6 is 0 Å². The second kappa shape index (κ2) is 6.93. The number of furan rings is 1.